The summed E-state index contributed by atoms with van der Waals surface area (Å²) in [6.45, 7) is 3.21. The Morgan fingerprint density at radius 3 is 2.90 bits per heavy atom. The van der Waals surface area contributed by atoms with Crippen molar-refractivity contribution < 1.29 is 0 Å². The van der Waals surface area contributed by atoms with Crippen LogP contribution in [0.25, 0.3) is 4.96 Å². The predicted molar refractivity (Wildman–Crippen MR) is 84.8 cm³/mol. The highest BCUT2D eigenvalue weighted by molar-refractivity contribution is 7.15. The Balaban J connectivity index is 1.88. The zero-order valence-electron chi connectivity index (χ0n) is 12.5. The van der Waals surface area contributed by atoms with Crippen LogP contribution in [0, 0.1) is 0 Å². The smallest absolute Gasteiger partial charge is 0.195 e. The molecule has 6 heteroatoms. The first-order chi connectivity index (χ1) is 9.70. The third-order valence-corrected chi connectivity index (χ3v) is 5.01. The normalized spacial score (nSPS) is 17.9. The van der Waals surface area contributed by atoms with Crippen LogP contribution >= 0.6 is 11.3 Å². The summed E-state index contributed by atoms with van der Waals surface area (Å²) in [5.74, 6) is 1.14. The number of hydrogen-bond donors (Lipinski definition) is 1. The molecular formula is C14H23N5S. The van der Waals surface area contributed by atoms with Crippen LogP contribution in [0.3, 0.4) is 0 Å². The summed E-state index contributed by atoms with van der Waals surface area (Å²) in [5, 5.41) is 5.36. The molecule has 0 bridgehead atoms. The maximum atomic E-state index is 4.84. The van der Waals surface area contributed by atoms with Crippen molar-refractivity contribution in [3.05, 3.63) is 17.3 Å². The molecule has 0 aliphatic carbocycles. The lowest BCUT2D eigenvalue weighted by molar-refractivity contribution is 0.252. The third kappa shape index (κ3) is 2.43. The monoisotopic (exact) mass is 293 g/mol. The van der Waals surface area contributed by atoms with Gasteiger partial charge in [0.15, 0.2) is 10.8 Å². The van der Waals surface area contributed by atoms with E-state index >= 15 is 0 Å². The summed E-state index contributed by atoms with van der Waals surface area (Å²) in [4.78, 5) is 10.7. The van der Waals surface area contributed by atoms with Gasteiger partial charge in [-0.25, -0.2) is 4.98 Å². The molecular weight excluding hydrogens is 270 g/mol. The molecule has 3 heterocycles. The van der Waals surface area contributed by atoms with Crippen LogP contribution in [0.15, 0.2) is 11.6 Å². The van der Waals surface area contributed by atoms with Crippen molar-refractivity contribution in [1.82, 2.24) is 19.6 Å². The van der Waals surface area contributed by atoms with Gasteiger partial charge in [0.05, 0.1) is 5.69 Å². The van der Waals surface area contributed by atoms with Crippen molar-refractivity contribution in [2.24, 2.45) is 0 Å². The summed E-state index contributed by atoms with van der Waals surface area (Å²) < 4.78 is 2.21. The minimum atomic E-state index is 0.603. The fourth-order valence-corrected chi connectivity index (χ4v) is 3.72. The molecule has 5 nitrogen and oxygen atoms in total. The van der Waals surface area contributed by atoms with E-state index in [1.807, 2.05) is 7.05 Å². The molecule has 2 aromatic rings. The van der Waals surface area contributed by atoms with Crippen LogP contribution in [-0.4, -0.2) is 54.6 Å². The summed E-state index contributed by atoms with van der Waals surface area (Å²) in [7, 11) is 6.39. The van der Waals surface area contributed by atoms with Crippen molar-refractivity contribution in [2.45, 2.75) is 25.4 Å². The number of fused-ring (bicyclic) bond motifs is 1. The molecule has 0 saturated carbocycles. The molecule has 1 saturated heterocycles. The molecule has 0 amide bonds. The van der Waals surface area contributed by atoms with Gasteiger partial charge in [-0.05, 0) is 40.0 Å². The second kappa shape index (κ2) is 5.71. The lowest BCUT2D eigenvalue weighted by atomic mass is 10.0. The molecule has 110 valence electrons. The van der Waals surface area contributed by atoms with Gasteiger partial charge in [0.1, 0.15) is 0 Å². The Kier molecular flexibility index (Phi) is 3.96. The number of nitrogens with one attached hydrogen (secondary N) is 1. The average molecular weight is 293 g/mol. The molecule has 1 fully saturated rings. The second-order valence-corrected chi connectivity index (χ2v) is 6.49. The molecule has 0 unspecified atom stereocenters. The fraction of sp³-hybridized carbons (Fsp3) is 0.643. The summed E-state index contributed by atoms with van der Waals surface area (Å²) >= 11 is 1.70. The number of nitrogens with zero attached hydrogens (tertiary/aromatic N) is 4. The van der Waals surface area contributed by atoms with Gasteiger partial charge in [-0.3, -0.25) is 4.40 Å². The number of imidazole rings is 1. The van der Waals surface area contributed by atoms with Crippen LogP contribution in [0.4, 0.5) is 5.82 Å². The summed E-state index contributed by atoms with van der Waals surface area (Å²) in [6.07, 6.45) is 4.56. The third-order valence-electron chi connectivity index (χ3n) is 4.25. The van der Waals surface area contributed by atoms with E-state index < -0.39 is 0 Å². The number of aromatic nitrogens is 2. The van der Waals surface area contributed by atoms with Crippen LogP contribution in [-0.2, 0) is 6.54 Å². The highest BCUT2D eigenvalue weighted by Crippen LogP contribution is 2.27. The molecule has 1 aliphatic rings. The second-order valence-electron chi connectivity index (χ2n) is 5.61. The van der Waals surface area contributed by atoms with E-state index in [9.17, 15) is 0 Å². The minimum absolute atomic E-state index is 0.603. The first kappa shape index (κ1) is 13.9. The van der Waals surface area contributed by atoms with Gasteiger partial charge in [-0.15, -0.1) is 11.3 Å². The topological polar surface area (TPSA) is 35.8 Å². The molecule has 1 aliphatic heterocycles. The van der Waals surface area contributed by atoms with E-state index in [4.69, 9.17) is 4.98 Å². The van der Waals surface area contributed by atoms with Crippen molar-refractivity contribution in [3.8, 4) is 0 Å². The van der Waals surface area contributed by atoms with Gasteiger partial charge in [0.2, 0.25) is 0 Å². The number of anilines is 1. The zero-order chi connectivity index (χ0) is 14.1. The van der Waals surface area contributed by atoms with Gasteiger partial charge >= 0.3 is 0 Å². The molecule has 0 atom stereocenters. The van der Waals surface area contributed by atoms with Crippen molar-refractivity contribution >= 4 is 22.1 Å². The first-order valence-corrected chi connectivity index (χ1v) is 8.09. The minimum Gasteiger partial charge on any atom is -0.355 e. The van der Waals surface area contributed by atoms with E-state index in [2.05, 4.69) is 45.2 Å². The van der Waals surface area contributed by atoms with E-state index in [-0.39, 0.29) is 0 Å². The number of thiazole rings is 1. The Labute approximate surface area is 124 Å². The van der Waals surface area contributed by atoms with Crippen LogP contribution in [0.1, 0.15) is 18.5 Å². The SMILES string of the molecule is CNCc1c(N(C)C2CCN(C)CC2)nc2sccn12. The molecule has 0 radical (unpaired) electrons. The van der Waals surface area contributed by atoms with Crippen LogP contribution in [0.5, 0.6) is 0 Å². The Bertz CT molecular complexity index is 567. The van der Waals surface area contributed by atoms with E-state index in [0.29, 0.717) is 6.04 Å². The Morgan fingerprint density at radius 1 is 1.45 bits per heavy atom. The van der Waals surface area contributed by atoms with E-state index in [1.54, 1.807) is 11.3 Å². The lowest BCUT2D eigenvalue weighted by Gasteiger charge is -2.35. The van der Waals surface area contributed by atoms with Gasteiger partial charge in [-0.1, -0.05) is 0 Å². The molecule has 0 spiro atoms. The molecule has 20 heavy (non-hydrogen) atoms. The largest absolute Gasteiger partial charge is 0.355 e. The predicted octanol–water partition coefficient (Wildman–Crippen LogP) is 1.65. The Hall–Kier alpha value is -1.11. The molecule has 1 N–H and O–H groups in total. The van der Waals surface area contributed by atoms with Gasteiger partial charge in [0, 0.05) is 31.2 Å². The number of hydrogen-bond acceptors (Lipinski definition) is 5. The maximum Gasteiger partial charge on any atom is 0.195 e. The number of piperidine rings is 1. The number of rotatable bonds is 4. The Morgan fingerprint density at radius 2 is 2.20 bits per heavy atom. The molecule has 3 rings (SSSR count). The first-order valence-electron chi connectivity index (χ1n) is 7.21. The van der Waals surface area contributed by atoms with Crippen molar-refractivity contribution in [2.75, 3.05) is 39.1 Å². The standard InChI is InChI=1S/C14H23N5S/c1-15-10-12-13(16-14-19(12)8-9-20-14)18(3)11-4-6-17(2)7-5-11/h8-9,11,15H,4-7,10H2,1-3H3. The highest BCUT2D eigenvalue weighted by Gasteiger charge is 2.25. The quantitative estimate of drug-likeness (QED) is 0.930. The van der Waals surface area contributed by atoms with Crippen LogP contribution < -0.4 is 10.2 Å². The van der Waals surface area contributed by atoms with E-state index in [0.717, 1.165) is 17.3 Å². The van der Waals surface area contributed by atoms with Gasteiger partial charge in [0.25, 0.3) is 0 Å². The summed E-state index contributed by atoms with van der Waals surface area (Å²) in [6, 6.07) is 0.603. The number of likely N-dealkylation sites (tertiary alicyclic amines) is 1. The lowest BCUT2D eigenvalue weighted by Crippen LogP contribution is -2.42. The zero-order valence-corrected chi connectivity index (χ0v) is 13.3. The van der Waals surface area contributed by atoms with E-state index in [1.165, 1.54) is 31.6 Å². The molecule has 0 aromatic carbocycles. The fourth-order valence-electron chi connectivity index (χ4n) is 2.99. The van der Waals surface area contributed by atoms with Crippen LogP contribution in [0.2, 0.25) is 0 Å². The average Bonchev–Trinajstić information content (AvgIpc) is 3.02. The highest BCUT2D eigenvalue weighted by atomic mass is 32.1. The summed E-state index contributed by atoms with van der Waals surface area (Å²) in [5.41, 5.74) is 1.27. The maximum absolute atomic E-state index is 4.84. The van der Waals surface area contributed by atoms with Crippen molar-refractivity contribution in [3.63, 3.8) is 0 Å². The van der Waals surface area contributed by atoms with Crippen molar-refractivity contribution in [1.29, 1.82) is 0 Å². The molecule has 2 aromatic heterocycles. The van der Waals surface area contributed by atoms with Gasteiger partial charge in [-0.2, -0.15) is 0 Å². The van der Waals surface area contributed by atoms with Gasteiger partial charge < -0.3 is 15.1 Å².